The monoisotopic (exact) mass is 387 g/mol. The van der Waals surface area contributed by atoms with Crippen molar-refractivity contribution in [2.24, 2.45) is 0 Å². The van der Waals surface area contributed by atoms with Crippen molar-refractivity contribution in [1.82, 2.24) is 14.6 Å². The molecule has 1 aliphatic rings. The molecule has 7 nitrogen and oxygen atoms in total. The van der Waals surface area contributed by atoms with Crippen LogP contribution >= 0.6 is 0 Å². The van der Waals surface area contributed by atoms with E-state index < -0.39 is 16.1 Å². The normalized spacial score (nSPS) is 16.1. The molecular weight excluding hydrogens is 366 g/mol. The fourth-order valence-electron chi connectivity index (χ4n) is 3.32. The highest BCUT2D eigenvalue weighted by Crippen LogP contribution is 2.25. The third-order valence-corrected chi connectivity index (χ3v) is 6.31. The van der Waals surface area contributed by atoms with Crippen LogP contribution in [0.5, 0.6) is 0 Å². The molecule has 1 aromatic carbocycles. The summed E-state index contributed by atoms with van der Waals surface area (Å²) in [7, 11) is -3.79. The Morgan fingerprint density at radius 2 is 1.96 bits per heavy atom. The Hall–Kier alpha value is -2.58. The molecule has 1 aliphatic heterocycles. The molecule has 1 fully saturated rings. The van der Waals surface area contributed by atoms with Gasteiger partial charge in [-0.1, -0.05) is 18.2 Å². The predicted molar refractivity (Wildman–Crippen MR) is 101 cm³/mol. The van der Waals surface area contributed by atoms with Gasteiger partial charge in [-0.2, -0.15) is 0 Å². The van der Waals surface area contributed by atoms with Crippen molar-refractivity contribution in [2.45, 2.75) is 30.7 Å². The first-order valence-corrected chi connectivity index (χ1v) is 10.4. The van der Waals surface area contributed by atoms with Crippen LogP contribution in [-0.2, 0) is 10.0 Å². The number of carbonyl (C=O) groups is 1. The van der Waals surface area contributed by atoms with Crippen LogP contribution in [0.15, 0.2) is 51.9 Å². The Bertz CT molecular complexity index is 1040. The fraction of sp³-hybridized carbons (Fsp3) is 0.316. The van der Waals surface area contributed by atoms with Crippen LogP contribution in [0.2, 0.25) is 0 Å². The number of sulfonamides is 1. The second kappa shape index (κ2) is 6.86. The maximum atomic E-state index is 12.7. The van der Waals surface area contributed by atoms with Gasteiger partial charge < -0.3 is 14.3 Å². The Morgan fingerprint density at radius 3 is 2.70 bits per heavy atom. The maximum absolute atomic E-state index is 12.7. The molecule has 0 bridgehead atoms. The second-order valence-corrected chi connectivity index (χ2v) is 8.49. The van der Waals surface area contributed by atoms with E-state index in [1.54, 1.807) is 11.8 Å². The van der Waals surface area contributed by atoms with Crippen molar-refractivity contribution in [3.63, 3.8) is 0 Å². The molecule has 1 atom stereocenters. The van der Waals surface area contributed by atoms with Gasteiger partial charge in [-0.25, -0.2) is 13.1 Å². The summed E-state index contributed by atoms with van der Waals surface area (Å²) >= 11 is 0. The van der Waals surface area contributed by atoms with Crippen molar-refractivity contribution in [1.29, 1.82) is 0 Å². The number of fused-ring (bicyclic) bond motifs is 1. The van der Waals surface area contributed by atoms with Crippen LogP contribution in [0.1, 0.15) is 42.1 Å². The molecule has 0 radical (unpaired) electrons. The molecule has 0 aliphatic carbocycles. The number of likely N-dealkylation sites (tertiary alicyclic amines) is 1. The summed E-state index contributed by atoms with van der Waals surface area (Å²) in [5.41, 5.74) is 0.993. The summed E-state index contributed by atoms with van der Waals surface area (Å²) in [5, 5.41) is 0.915. The molecule has 1 amide bonds. The van der Waals surface area contributed by atoms with Crippen LogP contribution in [-0.4, -0.2) is 37.3 Å². The molecule has 3 heterocycles. The minimum atomic E-state index is -3.79. The van der Waals surface area contributed by atoms with Gasteiger partial charge in [0.05, 0.1) is 6.04 Å². The number of furan rings is 1. The number of benzene rings is 1. The van der Waals surface area contributed by atoms with Crippen molar-refractivity contribution < 1.29 is 17.6 Å². The van der Waals surface area contributed by atoms with Gasteiger partial charge in [0.25, 0.3) is 5.91 Å². The minimum Gasteiger partial charge on any atom is -0.459 e. The number of para-hydroxylation sites is 1. The summed E-state index contributed by atoms with van der Waals surface area (Å²) in [6.45, 7) is 3.14. The van der Waals surface area contributed by atoms with Crippen LogP contribution in [0.4, 0.5) is 0 Å². The highest BCUT2D eigenvalue weighted by molar-refractivity contribution is 7.89. The van der Waals surface area contributed by atoms with E-state index in [1.165, 1.54) is 12.3 Å². The lowest BCUT2D eigenvalue weighted by Gasteiger charge is -2.13. The van der Waals surface area contributed by atoms with E-state index in [9.17, 15) is 13.2 Å². The van der Waals surface area contributed by atoms with Crippen LogP contribution in [0.3, 0.4) is 0 Å². The number of nitrogens with zero attached hydrogens (tertiary/aromatic N) is 1. The van der Waals surface area contributed by atoms with E-state index >= 15 is 0 Å². The van der Waals surface area contributed by atoms with E-state index in [-0.39, 0.29) is 16.5 Å². The molecule has 8 heteroatoms. The second-order valence-electron chi connectivity index (χ2n) is 6.78. The Kier molecular flexibility index (Phi) is 4.53. The van der Waals surface area contributed by atoms with Gasteiger partial charge >= 0.3 is 0 Å². The summed E-state index contributed by atoms with van der Waals surface area (Å²) in [6.07, 6.45) is 3.30. The van der Waals surface area contributed by atoms with Crippen molar-refractivity contribution in [3.05, 3.63) is 54.0 Å². The largest absolute Gasteiger partial charge is 0.459 e. The Balaban J connectivity index is 1.52. The molecule has 27 heavy (non-hydrogen) atoms. The summed E-state index contributed by atoms with van der Waals surface area (Å²) in [5.74, 6) is 0.364. The first-order chi connectivity index (χ1) is 12.9. The Morgan fingerprint density at radius 1 is 1.22 bits per heavy atom. The van der Waals surface area contributed by atoms with E-state index in [1.807, 2.05) is 30.3 Å². The molecule has 0 unspecified atom stereocenters. The van der Waals surface area contributed by atoms with Gasteiger partial charge in [0.2, 0.25) is 10.0 Å². The molecular formula is C19H21N3O4S. The lowest BCUT2D eigenvalue weighted by Crippen LogP contribution is -2.28. The highest BCUT2D eigenvalue weighted by atomic mass is 32.2. The van der Waals surface area contributed by atoms with Gasteiger partial charge in [0, 0.05) is 24.7 Å². The zero-order chi connectivity index (χ0) is 19.0. The van der Waals surface area contributed by atoms with E-state index in [0.717, 1.165) is 18.2 Å². The van der Waals surface area contributed by atoms with Gasteiger partial charge in [-0.15, -0.1) is 0 Å². The molecule has 1 saturated heterocycles. The number of hydrogen-bond donors (Lipinski definition) is 2. The summed E-state index contributed by atoms with van der Waals surface area (Å²) in [6, 6.07) is 10.2. The third-order valence-electron chi connectivity index (χ3n) is 4.79. The van der Waals surface area contributed by atoms with Gasteiger partial charge in [0.15, 0.2) is 0 Å². The molecule has 3 aromatic rings. The number of H-pyrrole nitrogens is 1. The van der Waals surface area contributed by atoms with Crippen LogP contribution in [0.25, 0.3) is 11.0 Å². The zero-order valence-corrected chi connectivity index (χ0v) is 15.8. The molecule has 2 aromatic heterocycles. The number of nitrogens with one attached hydrogen (secondary N) is 2. The van der Waals surface area contributed by atoms with Crippen LogP contribution < -0.4 is 4.72 Å². The van der Waals surface area contributed by atoms with Crippen molar-refractivity contribution >= 4 is 26.9 Å². The first-order valence-electron chi connectivity index (χ1n) is 8.92. The molecule has 0 saturated carbocycles. The molecule has 142 valence electrons. The SMILES string of the molecule is C[C@H](NS(=O)(=O)c1c[nH]c(C(=O)N2CCCC2)c1)c1cc2ccccc2o1. The standard InChI is InChI=1S/C19H21N3O4S/c1-13(18-10-14-6-2-3-7-17(14)26-18)21-27(24,25)15-11-16(20-12-15)19(23)22-8-4-5-9-22/h2-3,6-7,10-13,20-21H,4-5,8-9H2,1H3/t13-/m0/s1. The van der Waals surface area contributed by atoms with E-state index in [4.69, 9.17) is 4.42 Å². The summed E-state index contributed by atoms with van der Waals surface area (Å²) in [4.78, 5) is 16.9. The zero-order valence-electron chi connectivity index (χ0n) is 14.9. The topological polar surface area (TPSA) is 95.4 Å². The lowest BCUT2D eigenvalue weighted by molar-refractivity contribution is 0.0787. The van der Waals surface area contributed by atoms with Gasteiger partial charge in [-0.3, -0.25) is 4.79 Å². The van der Waals surface area contributed by atoms with Gasteiger partial charge in [-0.05, 0) is 38.0 Å². The smallest absolute Gasteiger partial charge is 0.270 e. The van der Waals surface area contributed by atoms with Crippen molar-refractivity contribution in [2.75, 3.05) is 13.1 Å². The number of carbonyl (C=O) groups excluding carboxylic acids is 1. The third kappa shape index (κ3) is 3.50. The molecule has 0 spiro atoms. The van der Waals surface area contributed by atoms with Crippen LogP contribution in [0, 0.1) is 0 Å². The van der Waals surface area contributed by atoms with Gasteiger partial charge in [0.1, 0.15) is 21.9 Å². The number of amides is 1. The average Bonchev–Trinajstić information content (AvgIpc) is 3.40. The fourth-order valence-corrected chi connectivity index (χ4v) is 4.52. The quantitative estimate of drug-likeness (QED) is 0.703. The predicted octanol–water partition coefficient (Wildman–Crippen LogP) is 3.04. The minimum absolute atomic E-state index is 0.0352. The lowest BCUT2D eigenvalue weighted by atomic mass is 10.2. The van der Waals surface area contributed by atoms with E-state index in [2.05, 4.69) is 9.71 Å². The van der Waals surface area contributed by atoms with E-state index in [0.29, 0.717) is 24.4 Å². The highest BCUT2D eigenvalue weighted by Gasteiger charge is 2.25. The molecule has 2 N–H and O–H groups in total. The van der Waals surface area contributed by atoms with Crippen molar-refractivity contribution in [3.8, 4) is 0 Å². The summed E-state index contributed by atoms with van der Waals surface area (Å²) < 4.78 is 33.7. The number of aromatic nitrogens is 1. The molecule has 4 rings (SSSR count). The Labute approximate surface area is 157 Å². The number of rotatable bonds is 5. The number of hydrogen-bond acceptors (Lipinski definition) is 4. The maximum Gasteiger partial charge on any atom is 0.270 e. The average molecular weight is 387 g/mol. The first kappa shape index (κ1) is 17.8. The number of aromatic amines is 1.